The second-order valence-corrected chi connectivity index (χ2v) is 7.20. The molecule has 0 aromatic carbocycles. The van der Waals surface area contributed by atoms with Gasteiger partial charge in [0.1, 0.15) is 11.8 Å². The highest BCUT2D eigenvalue weighted by Crippen LogP contribution is 2.23. The highest BCUT2D eigenvalue weighted by Gasteiger charge is 2.35. The summed E-state index contributed by atoms with van der Waals surface area (Å²) in [5.41, 5.74) is -0.284. The van der Waals surface area contributed by atoms with Gasteiger partial charge < -0.3 is 14.6 Å². The fourth-order valence-corrected chi connectivity index (χ4v) is 3.37. The third kappa shape index (κ3) is 4.52. The molecule has 1 saturated heterocycles. The highest BCUT2D eigenvalue weighted by molar-refractivity contribution is 7.99. The molecule has 2 amide bonds. The molecule has 1 aromatic heterocycles. The Balaban J connectivity index is 1.91. The van der Waals surface area contributed by atoms with E-state index in [2.05, 4.69) is 5.32 Å². The van der Waals surface area contributed by atoms with Gasteiger partial charge in [0, 0.05) is 24.1 Å². The summed E-state index contributed by atoms with van der Waals surface area (Å²) >= 11 is 1.62. The molecule has 2 heterocycles. The largest absolute Gasteiger partial charge is 0.469 e. The van der Waals surface area contributed by atoms with Crippen LogP contribution in [0.3, 0.4) is 0 Å². The lowest BCUT2D eigenvalue weighted by Gasteiger charge is -2.27. The van der Waals surface area contributed by atoms with Crippen LogP contribution in [-0.2, 0) is 16.0 Å². The van der Waals surface area contributed by atoms with E-state index in [0.717, 1.165) is 5.76 Å². The van der Waals surface area contributed by atoms with Crippen LogP contribution in [0.2, 0.25) is 0 Å². The quantitative estimate of drug-likeness (QED) is 0.924. The number of hydrogen-bond acceptors (Lipinski definition) is 4. The lowest BCUT2D eigenvalue weighted by molar-refractivity contribution is -0.138. The summed E-state index contributed by atoms with van der Waals surface area (Å²) in [6.45, 7) is 5.82. The van der Waals surface area contributed by atoms with Crippen molar-refractivity contribution in [3.63, 3.8) is 0 Å². The number of amides is 2. The summed E-state index contributed by atoms with van der Waals surface area (Å²) in [7, 11) is 0. The van der Waals surface area contributed by atoms with Crippen LogP contribution in [0.25, 0.3) is 0 Å². The van der Waals surface area contributed by atoms with E-state index < -0.39 is 0 Å². The minimum absolute atomic E-state index is 0.00505. The zero-order chi connectivity index (χ0) is 15.5. The SMILES string of the molecule is CC(C)(C)NC(=O)[C@H]1CSCN1C(=O)CCc1ccco1. The van der Waals surface area contributed by atoms with Crippen molar-refractivity contribution in [2.75, 3.05) is 11.6 Å². The summed E-state index contributed by atoms with van der Waals surface area (Å²) in [6.07, 6.45) is 2.54. The van der Waals surface area contributed by atoms with Gasteiger partial charge in [-0.3, -0.25) is 9.59 Å². The topological polar surface area (TPSA) is 62.6 Å². The summed E-state index contributed by atoms with van der Waals surface area (Å²) in [5.74, 6) is 1.98. The molecule has 0 saturated carbocycles. The minimum Gasteiger partial charge on any atom is -0.469 e. The average molecular weight is 310 g/mol. The van der Waals surface area contributed by atoms with Crippen LogP contribution in [0.4, 0.5) is 0 Å². The smallest absolute Gasteiger partial charge is 0.244 e. The Morgan fingerprint density at radius 3 is 2.86 bits per heavy atom. The molecule has 1 aromatic rings. The second-order valence-electron chi connectivity index (χ2n) is 6.20. The molecule has 1 atom stereocenters. The molecule has 5 nitrogen and oxygen atoms in total. The summed E-state index contributed by atoms with van der Waals surface area (Å²) in [4.78, 5) is 26.3. The van der Waals surface area contributed by atoms with E-state index in [1.807, 2.05) is 32.9 Å². The van der Waals surface area contributed by atoms with Gasteiger partial charge in [-0.2, -0.15) is 0 Å². The number of nitrogens with one attached hydrogen (secondary N) is 1. The lowest BCUT2D eigenvalue weighted by Crippen LogP contribution is -2.52. The molecule has 1 fully saturated rings. The van der Waals surface area contributed by atoms with Crippen molar-refractivity contribution < 1.29 is 14.0 Å². The summed E-state index contributed by atoms with van der Waals surface area (Å²) in [5, 5.41) is 2.95. The predicted molar refractivity (Wildman–Crippen MR) is 82.9 cm³/mol. The Kier molecular flexibility index (Phi) is 4.98. The van der Waals surface area contributed by atoms with E-state index in [-0.39, 0.29) is 23.4 Å². The molecule has 0 aliphatic carbocycles. The lowest BCUT2D eigenvalue weighted by atomic mass is 10.1. The third-order valence-electron chi connectivity index (χ3n) is 3.17. The molecule has 0 bridgehead atoms. The molecule has 6 heteroatoms. The fraction of sp³-hybridized carbons (Fsp3) is 0.600. The maximum Gasteiger partial charge on any atom is 0.244 e. The molecule has 1 aliphatic rings. The molecule has 0 spiro atoms. The van der Waals surface area contributed by atoms with Gasteiger partial charge in [-0.05, 0) is 32.9 Å². The molecule has 21 heavy (non-hydrogen) atoms. The van der Waals surface area contributed by atoms with Gasteiger partial charge >= 0.3 is 0 Å². The van der Waals surface area contributed by atoms with Crippen LogP contribution in [-0.4, -0.2) is 39.9 Å². The van der Waals surface area contributed by atoms with Crippen molar-refractivity contribution in [1.29, 1.82) is 0 Å². The monoisotopic (exact) mass is 310 g/mol. The molecular weight excluding hydrogens is 288 g/mol. The fourth-order valence-electron chi connectivity index (χ4n) is 2.19. The average Bonchev–Trinajstić information content (AvgIpc) is 3.05. The van der Waals surface area contributed by atoms with E-state index in [9.17, 15) is 9.59 Å². The van der Waals surface area contributed by atoms with Crippen molar-refractivity contribution in [1.82, 2.24) is 10.2 Å². The maximum absolute atomic E-state index is 12.3. The van der Waals surface area contributed by atoms with Gasteiger partial charge in [0.2, 0.25) is 11.8 Å². The van der Waals surface area contributed by atoms with Crippen LogP contribution in [0, 0.1) is 0 Å². The van der Waals surface area contributed by atoms with Crippen molar-refractivity contribution in [2.45, 2.75) is 45.2 Å². The van der Waals surface area contributed by atoms with Crippen molar-refractivity contribution in [3.8, 4) is 0 Å². The standard InChI is InChI=1S/C15H22N2O3S/c1-15(2,3)16-14(19)12-9-21-10-17(12)13(18)7-6-11-5-4-8-20-11/h4-5,8,12H,6-7,9-10H2,1-3H3,(H,16,19)/t12-/m1/s1. The third-order valence-corrected chi connectivity index (χ3v) is 4.18. The highest BCUT2D eigenvalue weighted by atomic mass is 32.2. The number of aryl methyl sites for hydroxylation is 1. The zero-order valence-corrected chi connectivity index (χ0v) is 13.5. The van der Waals surface area contributed by atoms with E-state index in [4.69, 9.17) is 4.42 Å². The van der Waals surface area contributed by atoms with Crippen LogP contribution < -0.4 is 5.32 Å². The molecule has 116 valence electrons. The van der Waals surface area contributed by atoms with Crippen molar-refractivity contribution in [3.05, 3.63) is 24.2 Å². The Morgan fingerprint density at radius 2 is 2.24 bits per heavy atom. The maximum atomic E-state index is 12.3. The van der Waals surface area contributed by atoms with Crippen LogP contribution in [0.5, 0.6) is 0 Å². The van der Waals surface area contributed by atoms with Gasteiger partial charge in [0.25, 0.3) is 0 Å². The first-order valence-corrected chi connectivity index (χ1v) is 8.24. The Bertz CT molecular complexity index is 494. The predicted octanol–water partition coefficient (Wildman–Crippen LogP) is 2.03. The number of rotatable bonds is 4. The van der Waals surface area contributed by atoms with Crippen molar-refractivity contribution >= 4 is 23.6 Å². The van der Waals surface area contributed by atoms with Gasteiger partial charge in [-0.15, -0.1) is 11.8 Å². The molecule has 1 N–H and O–H groups in total. The van der Waals surface area contributed by atoms with Crippen molar-refractivity contribution in [2.24, 2.45) is 0 Å². The second kappa shape index (κ2) is 6.56. The normalized spacial score (nSPS) is 18.8. The van der Waals surface area contributed by atoms with Crippen LogP contribution in [0.1, 0.15) is 33.0 Å². The van der Waals surface area contributed by atoms with Gasteiger partial charge in [-0.25, -0.2) is 0 Å². The summed E-state index contributed by atoms with van der Waals surface area (Å²) in [6, 6.07) is 3.30. The zero-order valence-electron chi connectivity index (χ0n) is 12.7. The number of hydrogen-bond donors (Lipinski definition) is 1. The van der Waals surface area contributed by atoms with Gasteiger partial charge in [0.05, 0.1) is 12.1 Å². The number of thioether (sulfide) groups is 1. The number of furan rings is 1. The molecule has 0 unspecified atom stereocenters. The minimum atomic E-state index is -0.363. The number of carbonyl (C=O) groups is 2. The first-order valence-electron chi connectivity index (χ1n) is 7.08. The van der Waals surface area contributed by atoms with Crippen LogP contribution in [0.15, 0.2) is 22.8 Å². The Labute approximate surface area is 129 Å². The number of carbonyl (C=O) groups excluding carboxylic acids is 2. The first-order chi connectivity index (χ1) is 9.87. The van der Waals surface area contributed by atoms with E-state index >= 15 is 0 Å². The van der Waals surface area contributed by atoms with Gasteiger partial charge in [0.15, 0.2) is 0 Å². The Hall–Kier alpha value is -1.43. The summed E-state index contributed by atoms with van der Waals surface area (Å²) < 4.78 is 5.23. The molecular formula is C15H22N2O3S. The molecule has 1 aliphatic heterocycles. The number of nitrogens with zero attached hydrogens (tertiary/aromatic N) is 1. The van der Waals surface area contributed by atoms with Gasteiger partial charge in [-0.1, -0.05) is 0 Å². The molecule has 2 rings (SSSR count). The van der Waals surface area contributed by atoms with E-state index in [1.54, 1.807) is 22.9 Å². The first kappa shape index (κ1) is 15.9. The molecule has 0 radical (unpaired) electrons. The Morgan fingerprint density at radius 1 is 1.48 bits per heavy atom. The van der Waals surface area contributed by atoms with Crippen LogP contribution >= 0.6 is 11.8 Å². The van der Waals surface area contributed by atoms with E-state index in [0.29, 0.717) is 24.5 Å². The van der Waals surface area contributed by atoms with E-state index in [1.165, 1.54) is 0 Å².